The molecule has 2 amide bonds. The first-order valence-electron chi connectivity index (χ1n) is 9.13. The number of hydrogen-bond acceptors (Lipinski definition) is 6. The molecule has 0 radical (unpaired) electrons. The van der Waals surface area contributed by atoms with E-state index in [-0.39, 0.29) is 12.5 Å². The van der Waals surface area contributed by atoms with Crippen LogP contribution in [0.4, 0.5) is 4.79 Å². The van der Waals surface area contributed by atoms with E-state index in [2.05, 4.69) is 0 Å². The number of nitrogens with zero attached hydrogens (tertiary/aromatic N) is 1. The number of rotatable bonds is 11. The first-order valence-corrected chi connectivity index (χ1v) is 9.13. The predicted octanol–water partition coefficient (Wildman–Crippen LogP) is 2.67. The molecule has 1 aliphatic rings. The summed E-state index contributed by atoms with van der Waals surface area (Å²) in [5, 5.41) is 9.97. The van der Waals surface area contributed by atoms with Gasteiger partial charge >= 0.3 is 6.09 Å². The van der Waals surface area contributed by atoms with E-state index in [0.29, 0.717) is 39.0 Å². The molecule has 1 aromatic rings. The number of benzene rings is 1. The minimum atomic E-state index is -0.588. The van der Waals surface area contributed by atoms with Crippen molar-refractivity contribution in [2.45, 2.75) is 38.4 Å². The van der Waals surface area contributed by atoms with Crippen LogP contribution in [0.5, 0.6) is 5.75 Å². The number of cyclic esters (lactones) is 1. The van der Waals surface area contributed by atoms with Gasteiger partial charge in [-0.25, -0.2) is 9.69 Å². The maximum atomic E-state index is 11.7. The molecule has 0 aromatic heterocycles. The van der Waals surface area contributed by atoms with E-state index in [1.54, 1.807) is 13.2 Å². The fourth-order valence-corrected chi connectivity index (χ4v) is 2.61. The molecular weight excluding hydrogens is 350 g/mol. The van der Waals surface area contributed by atoms with Crippen molar-refractivity contribution in [2.75, 3.05) is 26.9 Å². The van der Waals surface area contributed by atoms with E-state index in [9.17, 15) is 14.7 Å². The van der Waals surface area contributed by atoms with Gasteiger partial charge in [-0.2, -0.15) is 0 Å². The van der Waals surface area contributed by atoms with Crippen molar-refractivity contribution in [2.24, 2.45) is 0 Å². The van der Waals surface area contributed by atoms with Crippen LogP contribution in [0.25, 0.3) is 0 Å². The normalized spacial score (nSPS) is 15.2. The van der Waals surface area contributed by atoms with Crippen molar-refractivity contribution < 1.29 is 28.9 Å². The van der Waals surface area contributed by atoms with Gasteiger partial charge in [0, 0.05) is 6.61 Å². The monoisotopic (exact) mass is 377 g/mol. The van der Waals surface area contributed by atoms with Crippen molar-refractivity contribution in [3.63, 3.8) is 0 Å². The van der Waals surface area contributed by atoms with Crippen molar-refractivity contribution in [3.8, 4) is 5.75 Å². The highest BCUT2D eigenvalue weighted by Crippen LogP contribution is 2.12. The fraction of sp³-hybridized carbons (Fsp3) is 0.500. The summed E-state index contributed by atoms with van der Waals surface area (Å²) in [5.41, 5.74) is 1.06. The van der Waals surface area contributed by atoms with Crippen LogP contribution in [0.15, 0.2) is 36.4 Å². The van der Waals surface area contributed by atoms with E-state index in [0.717, 1.165) is 22.6 Å². The summed E-state index contributed by atoms with van der Waals surface area (Å²) in [5.74, 6) is 0.454. The van der Waals surface area contributed by atoms with E-state index in [4.69, 9.17) is 14.2 Å². The van der Waals surface area contributed by atoms with Crippen LogP contribution in [0.1, 0.15) is 31.2 Å². The average molecular weight is 377 g/mol. The van der Waals surface area contributed by atoms with Crippen LogP contribution < -0.4 is 4.74 Å². The van der Waals surface area contributed by atoms with E-state index in [1.165, 1.54) is 6.08 Å². The molecule has 0 spiro atoms. The minimum absolute atomic E-state index is 0.255. The lowest BCUT2D eigenvalue weighted by Crippen LogP contribution is -2.29. The summed E-state index contributed by atoms with van der Waals surface area (Å²) in [4.78, 5) is 24.1. The Bertz CT molecular complexity index is 628. The number of amides is 2. The molecule has 1 heterocycles. The molecule has 0 aliphatic carbocycles. The summed E-state index contributed by atoms with van der Waals surface area (Å²) in [6, 6.07) is 7.67. The van der Waals surface area contributed by atoms with Gasteiger partial charge in [-0.3, -0.25) is 4.79 Å². The van der Waals surface area contributed by atoms with E-state index >= 15 is 0 Å². The molecule has 0 saturated carbocycles. The Hall–Kier alpha value is -2.38. The number of imide groups is 1. The minimum Gasteiger partial charge on any atom is -0.497 e. The Morgan fingerprint density at radius 1 is 1.33 bits per heavy atom. The first-order chi connectivity index (χ1) is 13.1. The maximum absolute atomic E-state index is 11.7. The number of allylic oxidation sites excluding steroid dienone is 1. The van der Waals surface area contributed by atoms with Gasteiger partial charge in [0.05, 0.1) is 26.4 Å². The molecule has 27 heavy (non-hydrogen) atoms. The molecule has 1 unspecified atom stereocenters. The Morgan fingerprint density at radius 3 is 2.78 bits per heavy atom. The molecule has 0 bridgehead atoms. The Labute approximate surface area is 159 Å². The largest absolute Gasteiger partial charge is 0.497 e. The highest BCUT2D eigenvalue weighted by molar-refractivity contribution is 5.99. The highest BCUT2D eigenvalue weighted by Gasteiger charge is 2.26. The summed E-state index contributed by atoms with van der Waals surface area (Å²) in [6.45, 7) is 1.54. The summed E-state index contributed by atoms with van der Waals surface area (Å²) in [7, 11) is 1.63. The van der Waals surface area contributed by atoms with Crippen LogP contribution in [0.3, 0.4) is 0 Å². The molecule has 1 atom stereocenters. The number of aliphatic hydroxyl groups is 1. The van der Waals surface area contributed by atoms with E-state index < -0.39 is 12.2 Å². The molecule has 1 fully saturated rings. The van der Waals surface area contributed by atoms with Gasteiger partial charge in [-0.1, -0.05) is 18.2 Å². The second-order valence-corrected chi connectivity index (χ2v) is 6.28. The summed E-state index contributed by atoms with van der Waals surface area (Å²) < 4.78 is 15.4. The zero-order chi connectivity index (χ0) is 19.5. The number of methoxy groups -OCH3 is 1. The maximum Gasteiger partial charge on any atom is 0.416 e. The number of unbranched alkanes of at least 4 members (excludes halogenated alkanes) is 1. The van der Waals surface area contributed by atoms with Crippen molar-refractivity contribution in [1.82, 2.24) is 4.90 Å². The van der Waals surface area contributed by atoms with Gasteiger partial charge in [0.1, 0.15) is 12.4 Å². The zero-order valence-corrected chi connectivity index (χ0v) is 15.6. The average Bonchev–Trinajstić information content (AvgIpc) is 3.11. The van der Waals surface area contributed by atoms with Crippen molar-refractivity contribution >= 4 is 12.0 Å². The quantitative estimate of drug-likeness (QED) is 0.471. The standard InChI is InChI=1S/C20H27NO6/c1-25-18-9-7-16(8-10-18)15-26-13-11-17(22)5-3-2-4-6-19(23)21-12-14-27-20(21)24/h4,6-10,17,22H,2-3,5,11-15H2,1H3/b6-4+. The lowest BCUT2D eigenvalue weighted by atomic mass is 10.1. The van der Waals surface area contributed by atoms with Gasteiger partial charge in [-0.05, 0) is 49.5 Å². The smallest absolute Gasteiger partial charge is 0.416 e. The number of ether oxygens (including phenoxy) is 3. The molecule has 7 nitrogen and oxygen atoms in total. The van der Waals surface area contributed by atoms with Crippen LogP contribution >= 0.6 is 0 Å². The van der Waals surface area contributed by atoms with Crippen LogP contribution in [-0.2, 0) is 20.9 Å². The third kappa shape index (κ3) is 7.40. The second kappa shape index (κ2) is 11.4. The Balaban J connectivity index is 1.51. The van der Waals surface area contributed by atoms with Crippen LogP contribution in [0.2, 0.25) is 0 Å². The molecule has 1 aromatic carbocycles. The van der Waals surface area contributed by atoms with Crippen LogP contribution in [-0.4, -0.2) is 55.0 Å². The SMILES string of the molecule is COc1ccc(COCCC(O)CCC/C=C/C(=O)N2CCOC2=O)cc1. The lowest BCUT2D eigenvalue weighted by Gasteiger charge is -2.10. The molecule has 1 aliphatic heterocycles. The molecule has 2 rings (SSSR count). The number of aliphatic hydroxyl groups excluding tert-OH is 1. The third-order valence-electron chi connectivity index (χ3n) is 4.22. The fourth-order valence-electron chi connectivity index (χ4n) is 2.61. The number of carbonyl (C=O) groups is 2. The summed E-state index contributed by atoms with van der Waals surface area (Å²) >= 11 is 0. The molecule has 148 valence electrons. The molecular formula is C20H27NO6. The number of carbonyl (C=O) groups excluding carboxylic acids is 2. The van der Waals surface area contributed by atoms with Gasteiger partial charge in [0.25, 0.3) is 5.91 Å². The summed E-state index contributed by atoms with van der Waals surface area (Å²) in [6.07, 6.45) is 4.71. The number of hydrogen-bond donors (Lipinski definition) is 1. The zero-order valence-electron chi connectivity index (χ0n) is 15.6. The van der Waals surface area contributed by atoms with Gasteiger partial charge < -0.3 is 19.3 Å². The third-order valence-corrected chi connectivity index (χ3v) is 4.22. The Morgan fingerprint density at radius 2 is 2.11 bits per heavy atom. The van der Waals surface area contributed by atoms with Crippen molar-refractivity contribution in [3.05, 3.63) is 42.0 Å². The first kappa shape index (κ1) is 20.9. The van der Waals surface area contributed by atoms with E-state index in [1.807, 2.05) is 24.3 Å². The van der Waals surface area contributed by atoms with Crippen LogP contribution in [0, 0.1) is 0 Å². The van der Waals surface area contributed by atoms with Crippen molar-refractivity contribution in [1.29, 1.82) is 0 Å². The molecule has 7 heteroatoms. The van der Waals surface area contributed by atoms with Gasteiger partial charge in [0.2, 0.25) is 0 Å². The lowest BCUT2D eigenvalue weighted by molar-refractivity contribution is -0.122. The van der Waals surface area contributed by atoms with Gasteiger partial charge in [-0.15, -0.1) is 0 Å². The topological polar surface area (TPSA) is 85.3 Å². The second-order valence-electron chi connectivity index (χ2n) is 6.28. The molecule has 1 saturated heterocycles. The Kier molecular flexibility index (Phi) is 8.80. The van der Waals surface area contributed by atoms with Gasteiger partial charge in [0.15, 0.2) is 0 Å². The predicted molar refractivity (Wildman–Crippen MR) is 99.3 cm³/mol. The highest BCUT2D eigenvalue weighted by atomic mass is 16.6. The molecule has 1 N–H and O–H groups in total.